The Hall–Kier alpha value is -3.32. The van der Waals surface area contributed by atoms with Crippen molar-refractivity contribution < 1.29 is 0 Å². The van der Waals surface area contributed by atoms with Gasteiger partial charge in [-0.2, -0.15) is 0 Å². The first-order valence-electron chi connectivity index (χ1n) is 28.6. The molecule has 11 unspecified atom stereocenters. The van der Waals surface area contributed by atoms with Crippen molar-refractivity contribution in [3.63, 3.8) is 0 Å². The third-order valence-electron chi connectivity index (χ3n) is 20.1. The van der Waals surface area contributed by atoms with E-state index in [0.717, 1.165) is 41.9 Å². The molecule has 0 bridgehead atoms. The van der Waals surface area contributed by atoms with Crippen molar-refractivity contribution >= 4 is 0 Å². The van der Waals surface area contributed by atoms with Gasteiger partial charge in [-0.25, -0.2) is 0 Å². The van der Waals surface area contributed by atoms with E-state index in [4.69, 9.17) is 6.58 Å². The van der Waals surface area contributed by atoms with Crippen LogP contribution in [-0.2, 0) is 0 Å². The first-order valence-corrected chi connectivity index (χ1v) is 28.6. The zero-order valence-corrected chi connectivity index (χ0v) is 41.5. The Balaban J connectivity index is 0.875. The Morgan fingerprint density at radius 3 is 1.92 bits per heavy atom. The van der Waals surface area contributed by atoms with Crippen LogP contribution >= 0.6 is 0 Å². The van der Waals surface area contributed by atoms with Crippen molar-refractivity contribution in [3.8, 4) is 0 Å². The van der Waals surface area contributed by atoms with Crippen LogP contribution in [0, 0.1) is 59.2 Å². The average Bonchev–Trinajstić information content (AvgIpc) is 3.38. The molecule has 0 heterocycles. The molecule has 0 spiro atoms. The molecule has 11 aliphatic carbocycles. The molecule has 11 rings (SSSR count). The topological polar surface area (TPSA) is 3.24 Å². The van der Waals surface area contributed by atoms with Crippen LogP contribution in [-0.4, -0.2) is 17.0 Å². The summed E-state index contributed by atoms with van der Waals surface area (Å²) in [6.07, 6.45) is 72.9. The summed E-state index contributed by atoms with van der Waals surface area (Å²) in [7, 11) is 0. The lowest BCUT2D eigenvalue weighted by atomic mass is 9.54. The van der Waals surface area contributed by atoms with Crippen LogP contribution in [0.25, 0.3) is 0 Å². The van der Waals surface area contributed by atoms with Gasteiger partial charge in [0.15, 0.2) is 0 Å². The smallest absolute Gasteiger partial charge is 0.0476 e. The van der Waals surface area contributed by atoms with Crippen LogP contribution in [0.3, 0.4) is 0 Å². The predicted molar refractivity (Wildman–Crippen MR) is 280 cm³/mol. The van der Waals surface area contributed by atoms with E-state index in [1.807, 2.05) is 33.4 Å². The summed E-state index contributed by atoms with van der Waals surface area (Å²) in [4.78, 5) is 2.99. The summed E-state index contributed by atoms with van der Waals surface area (Å²) in [6, 6.07) is 0.994. The molecule has 12 atom stereocenters. The SMILES string of the molecule is C=C(CCCC1=C2C=CCCC2C(C2=CCCCC2)C2C=CCCC12)N(C1CC=C(C2C3CCC=CC3=C(C3CC=CCC3)C3CCC=CC32)CC1)[C@H](C)C1=C(C2CC=CCC2)CCCC1. The highest BCUT2D eigenvalue weighted by Crippen LogP contribution is 2.58. The molecule has 0 saturated carbocycles. The highest BCUT2D eigenvalue weighted by Gasteiger charge is 2.48. The summed E-state index contributed by atoms with van der Waals surface area (Å²) in [5, 5.41) is 0. The fourth-order valence-electron chi connectivity index (χ4n) is 17.3. The van der Waals surface area contributed by atoms with Gasteiger partial charge in [-0.1, -0.05) is 120 Å². The fraction of sp³-hybridized carbons (Fsp3) is 0.631. The first-order chi connectivity index (χ1) is 32.6. The molecule has 0 aromatic carbocycles. The maximum Gasteiger partial charge on any atom is 0.0476 e. The molecule has 0 fully saturated rings. The quantitative estimate of drug-likeness (QED) is 0.177. The Morgan fingerprint density at radius 1 is 0.576 bits per heavy atom. The van der Waals surface area contributed by atoms with Crippen molar-refractivity contribution in [2.45, 2.75) is 199 Å². The van der Waals surface area contributed by atoms with Gasteiger partial charge in [-0.15, -0.1) is 0 Å². The lowest BCUT2D eigenvalue weighted by Crippen LogP contribution is -2.45. The fourth-order valence-corrected chi connectivity index (χ4v) is 17.3. The molecular formula is C65H87N. The summed E-state index contributed by atoms with van der Waals surface area (Å²) >= 11 is 0. The lowest BCUT2D eigenvalue weighted by molar-refractivity contribution is 0.171. The van der Waals surface area contributed by atoms with E-state index < -0.39 is 0 Å². The maximum absolute atomic E-state index is 5.17. The maximum atomic E-state index is 5.17. The van der Waals surface area contributed by atoms with Crippen LogP contribution < -0.4 is 0 Å². The lowest BCUT2D eigenvalue weighted by Gasteiger charge is -2.51. The number of allylic oxidation sites excluding steroid dienone is 21. The Labute approximate surface area is 403 Å². The second kappa shape index (κ2) is 20.7. The average molecular weight is 882 g/mol. The molecule has 0 N–H and O–H groups in total. The van der Waals surface area contributed by atoms with Crippen molar-refractivity contribution in [2.75, 3.05) is 0 Å². The van der Waals surface area contributed by atoms with E-state index in [9.17, 15) is 0 Å². The van der Waals surface area contributed by atoms with Gasteiger partial charge in [0.1, 0.15) is 0 Å². The summed E-state index contributed by atoms with van der Waals surface area (Å²) in [5.41, 5.74) is 16.1. The Kier molecular flexibility index (Phi) is 14.2. The van der Waals surface area contributed by atoms with Crippen LogP contribution in [0.5, 0.6) is 0 Å². The van der Waals surface area contributed by atoms with E-state index in [1.54, 1.807) is 11.1 Å². The monoisotopic (exact) mass is 882 g/mol. The van der Waals surface area contributed by atoms with Crippen LogP contribution in [0.1, 0.15) is 187 Å². The molecule has 1 nitrogen and oxygen atoms in total. The molecule has 0 aromatic rings. The van der Waals surface area contributed by atoms with Crippen LogP contribution in [0.2, 0.25) is 0 Å². The molecule has 0 saturated heterocycles. The molecule has 0 radical (unpaired) electrons. The van der Waals surface area contributed by atoms with Gasteiger partial charge in [0.05, 0.1) is 0 Å². The van der Waals surface area contributed by atoms with E-state index in [0.29, 0.717) is 35.8 Å². The molecule has 0 aliphatic heterocycles. The minimum absolute atomic E-state index is 0.448. The van der Waals surface area contributed by atoms with Crippen LogP contribution in [0.15, 0.2) is 142 Å². The van der Waals surface area contributed by atoms with Crippen molar-refractivity contribution in [2.24, 2.45) is 59.2 Å². The van der Waals surface area contributed by atoms with Gasteiger partial charge in [0, 0.05) is 17.8 Å². The normalized spacial score (nSPS) is 36.8. The van der Waals surface area contributed by atoms with Crippen LogP contribution in [0.4, 0.5) is 0 Å². The number of rotatable bonds is 12. The largest absolute Gasteiger partial charge is 0.366 e. The van der Waals surface area contributed by atoms with Gasteiger partial charge in [0.2, 0.25) is 0 Å². The van der Waals surface area contributed by atoms with E-state index in [2.05, 4.69) is 96.9 Å². The molecule has 0 aromatic heterocycles. The standard InChI is InChI=1S/C65H87N/c1-45(23-22-40-54-55-32-14-16-34-57(55)63(48-26-8-4-9-27-48)58-35-17-15-33-56(54)58)66(46(2)52-30-12-13-31-53(52)47-24-6-3-7-25-47)51-43-41-50(42-44-51)65-61-38-20-18-36-59(61)64(49-28-10-5-11-29-49)60-37-19-21-39-62(60)65/h3,5-6,10,14,17-18,21,26,32,35-36,39,41,46-47,49,51,56-58,60-63,65H,1,4,7-9,11-13,15-16,19-20,22-25,27-31,33-34,37-38,40,42-44H2,2H3/t46-,47?,49?,51?,56?,57?,58?,60?,61?,62?,63?,65?/m1/s1. The third-order valence-corrected chi connectivity index (χ3v) is 20.1. The number of hydrogen-bond donors (Lipinski definition) is 0. The molecule has 1 heteroatoms. The molecule has 0 amide bonds. The summed E-state index contributed by atoms with van der Waals surface area (Å²) in [5.74, 6) is 7.24. The van der Waals surface area contributed by atoms with Gasteiger partial charge in [-0.3, -0.25) is 0 Å². The summed E-state index contributed by atoms with van der Waals surface area (Å²) in [6.45, 7) is 7.80. The highest BCUT2D eigenvalue weighted by molar-refractivity contribution is 5.43. The minimum Gasteiger partial charge on any atom is -0.366 e. The molecule has 66 heavy (non-hydrogen) atoms. The number of nitrogens with zero attached hydrogens (tertiary/aromatic N) is 1. The third kappa shape index (κ3) is 8.92. The summed E-state index contributed by atoms with van der Waals surface area (Å²) < 4.78 is 0. The first kappa shape index (κ1) is 45.1. The number of fused-ring (bicyclic) bond motifs is 4. The van der Waals surface area contributed by atoms with Gasteiger partial charge in [-0.05, 0) is 263 Å². The van der Waals surface area contributed by atoms with Gasteiger partial charge in [0.25, 0.3) is 0 Å². The Bertz CT molecular complexity index is 2150. The minimum atomic E-state index is 0.448. The number of hydrogen-bond acceptors (Lipinski definition) is 1. The molecule has 352 valence electrons. The molecule has 11 aliphatic rings. The van der Waals surface area contributed by atoms with E-state index >= 15 is 0 Å². The zero-order chi connectivity index (χ0) is 44.4. The molecular weight excluding hydrogens is 795 g/mol. The van der Waals surface area contributed by atoms with Crippen molar-refractivity contribution in [1.29, 1.82) is 0 Å². The predicted octanol–water partition coefficient (Wildman–Crippen LogP) is 17.9. The van der Waals surface area contributed by atoms with Crippen molar-refractivity contribution in [1.82, 2.24) is 4.90 Å². The van der Waals surface area contributed by atoms with Crippen molar-refractivity contribution in [3.05, 3.63) is 142 Å². The zero-order valence-electron chi connectivity index (χ0n) is 41.5. The van der Waals surface area contributed by atoms with Gasteiger partial charge >= 0.3 is 0 Å². The van der Waals surface area contributed by atoms with E-state index in [-0.39, 0.29) is 0 Å². The second-order valence-electron chi connectivity index (χ2n) is 23.4. The van der Waals surface area contributed by atoms with E-state index in [1.165, 1.54) is 179 Å². The Morgan fingerprint density at radius 2 is 1.21 bits per heavy atom. The highest BCUT2D eigenvalue weighted by atomic mass is 15.2. The second-order valence-corrected chi connectivity index (χ2v) is 23.4. The van der Waals surface area contributed by atoms with Gasteiger partial charge < -0.3 is 4.90 Å².